The van der Waals surface area contributed by atoms with Crippen LogP contribution in [-0.2, 0) is 14.3 Å². The second kappa shape index (κ2) is 7.10. The molecule has 0 unspecified atom stereocenters. The predicted molar refractivity (Wildman–Crippen MR) is 65.9 cm³/mol. The van der Waals surface area contributed by atoms with Crippen LogP contribution in [0.1, 0.15) is 13.3 Å². The molecule has 0 N–H and O–H groups in total. The van der Waals surface area contributed by atoms with Gasteiger partial charge in [-0.2, -0.15) is 0 Å². The van der Waals surface area contributed by atoms with E-state index in [1.165, 1.54) is 18.2 Å². The number of hydrogen-bond acceptors (Lipinski definition) is 4. The molecule has 0 aliphatic rings. The van der Waals surface area contributed by atoms with Crippen molar-refractivity contribution in [3.05, 3.63) is 28.5 Å². The highest BCUT2D eigenvalue weighted by atomic mass is 79.9. The normalized spacial score (nSPS) is 9.94. The summed E-state index contributed by atoms with van der Waals surface area (Å²) in [7, 11) is 0. The first kappa shape index (κ1) is 14.6. The molecule has 0 aromatic heterocycles. The van der Waals surface area contributed by atoms with Crippen LogP contribution >= 0.6 is 15.9 Å². The fourth-order valence-electron chi connectivity index (χ4n) is 1.17. The van der Waals surface area contributed by atoms with Crippen molar-refractivity contribution in [3.63, 3.8) is 0 Å². The molecular weight excluding hydrogens is 307 g/mol. The summed E-state index contributed by atoms with van der Waals surface area (Å²) in [4.78, 5) is 22.4. The van der Waals surface area contributed by atoms with E-state index in [0.29, 0.717) is 10.2 Å². The first-order valence-electron chi connectivity index (χ1n) is 5.28. The lowest BCUT2D eigenvalue weighted by atomic mass is 10.3. The standard InChI is InChI=1S/C12H12BrFO4/c1-2-17-12(16)6-9(15)7-18-11-4-3-8(14)5-10(11)13/h3-5H,2,6-7H2,1H3. The molecule has 6 heteroatoms. The summed E-state index contributed by atoms with van der Waals surface area (Å²) in [6, 6.07) is 3.85. The Bertz CT molecular complexity index is 448. The zero-order valence-electron chi connectivity index (χ0n) is 9.74. The Balaban J connectivity index is 2.45. The summed E-state index contributed by atoms with van der Waals surface area (Å²) in [6.45, 7) is 1.63. The topological polar surface area (TPSA) is 52.6 Å². The van der Waals surface area contributed by atoms with Gasteiger partial charge in [0.25, 0.3) is 0 Å². The Morgan fingerprint density at radius 2 is 2.11 bits per heavy atom. The van der Waals surface area contributed by atoms with Crippen LogP contribution in [0.2, 0.25) is 0 Å². The maximum atomic E-state index is 12.8. The lowest BCUT2D eigenvalue weighted by Gasteiger charge is -2.07. The van der Waals surface area contributed by atoms with Crippen molar-refractivity contribution < 1.29 is 23.5 Å². The van der Waals surface area contributed by atoms with Crippen LogP contribution in [0.15, 0.2) is 22.7 Å². The number of ether oxygens (including phenoxy) is 2. The van der Waals surface area contributed by atoms with Crippen LogP contribution in [0, 0.1) is 5.82 Å². The number of carbonyl (C=O) groups is 2. The van der Waals surface area contributed by atoms with Gasteiger partial charge in [0.05, 0.1) is 11.1 Å². The van der Waals surface area contributed by atoms with Crippen LogP contribution < -0.4 is 4.74 Å². The van der Waals surface area contributed by atoms with Crippen molar-refractivity contribution in [1.29, 1.82) is 0 Å². The molecule has 0 aliphatic carbocycles. The third-order valence-corrected chi connectivity index (χ3v) is 2.55. The van der Waals surface area contributed by atoms with Crippen molar-refractivity contribution in [3.8, 4) is 5.75 Å². The number of Topliss-reactive ketones (excluding diaryl/α,β-unsaturated/α-hetero) is 1. The lowest BCUT2D eigenvalue weighted by molar-refractivity contribution is -0.145. The molecule has 0 heterocycles. The maximum Gasteiger partial charge on any atom is 0.313 e. The molecular formula is C12H12BrFO4. The third kappa shape index (κ3) is 4.83. The van der Waals surface area contributed by atoms with E-state index in [9.17, 15) is 14.0 Å². The summed E-state index contributed by atoms with van der Waals surface area (Å²) in [5, 5.41) is 0. The summed E-state index contributed by atoms with van der Waals surface area (Å²) in [5.74, 6) is -1.05. The summed E-state index contributed by atoms with van der Waals surface area (Å²) in [6.07, 6.45) is -0.327. The lowest BCUT2D eigenvalue weighted by Crippen LogP contribution is -2.17. The van der Waals surface area contributed by atoms with E-state index in [2.05, 4.69) is 20.7 Å². The minimum Gasteiger partial charge on any atom is -0.485 e. The van der Waals surface area contributed by atoms with Gasteiger partial charge in [0.2, 0.25) is 0 Å². The van der Waals surface area contributed by atoms with Crippen molar-refractivity contribution in [2.75, 3.05) is 13.2 Å². The zero-order chi connectivity index (χ0) is 13.5. The van der Waals surface area contributed by atoms with Gasteiger partial charge < -0.3 is 9.47 Å². The van der Waals surface area contributed by atoms with E-state index in [1.807, 2.05) is 0 Å². The molecule has 0 amide bonds. The van der Waals surface area contributed by atoms with E-state index >= 15 is 0 Å². The fourth-order valence-corrected chi connectivity index (χ4v) is 1.64. The van der Waals surface area contributed by atoms with Crippen molar-refractivity contribution in [2.45, 2.75) is 13.3 Å². The SMILES string of the molecule is CCOC(=O)CC(=O)COc1ccc(F)cc1Br. The predicted octanol–water partition coefficient (Wildman–Crippen LogP) is 2.49. The molecule has 0 fully saturated rings. The van der Waals surface area contributed by atoms with Crippen LogP contribution in [0.5, 0.6) is 5.75 Å². The molecule has 0 saturated heterocycles. The second-order valence-electron chi connectivity index (χ2n) is 3.38. The molecule has 4 nitrogen and oxygen atoms in total. The number of carbonyl (C=O) groups excluding carboxylic acids is 2. The van der Waals surface area contributed by atoms with Gasteiger partial charge >= 0.3 is 5.97 Å². The largest absolute Gasteiger partial charge is 0.485 e. The molecule has 0 aliphatic heterocycles. The maximum absolute atomic E-state index is 12.8. The molecule has 1 aromatic carbocycles. The van der Waals surface area contributed by atoms with Gasteiger partial charge in [-0.3, -0.25) is 9.59 Å². The Morgan fingerprint density at radius 3 is 2.72 bits per heavy atom. The number of benzene rings is 1. The van der Waals surface area contributed by atoms with Crippen LogP contribution in [0.4, 0.5) is 4.39 Å². The molecule has 1 aromatic rings. The highest BCUT2D eigenvalue weighted by molar-refractivity contribution is 9.10. The molecule has 0 saturated carbocycles. The quantitative estimate of drug-likeness (QED) is 0.597. The smallest absolute Gasteiger partial charge is 0.313 e. The first-order valence-corrected chi connectivity index (χ1v) is 6.07. The number of halogens is 2. The Kier molecular flexibility index (Phi) is 5.77. The minimum absolute atomic E-state index is 0.233. The van der Waals surface area contributed by atoms with Gasteiger partial charge in [-0.25, -0.2) is 4.39 Å². The molecule has 18 heavy (non-hydrogen) atoms. The van der Waals surface area contributed by atoms with Crippen LogP contribution in [-0.4, -0.2) is 25.0 Å². The summed E-state index contributed by atoms with van der Waals surface area (Å²) in [5.41, 5.74) is 0. The Hall–Kier alpha value is -1.43. The Labute approximate surface area is 112 Å². The highest BCUT2D eigenvalue weighted by Gasteiger charge is 2.12. The number of esters is 1. The molecule has 0 spiro atoms. The van der Waals surface area contributed by atoms with Gasteiger partial charge in [0.15, 0.2) is 5.78 Å². The number of ketones is 1. The van der Waals surface area contributed by atoms with Gasteiger partial charge in [-0.1, -0.05) is 0 Å². The first-order chi connectivity index (χ1) is 8.52. The number of hydrogen-bond donors (Lipinski definition) is 0. The molecule has 0 radical (unpaired) electrons. The van der Waals surface area contributed by atoms with Gasteiger partial charge in [-0.05, 0) is 41.1 Å². The summed E-state index contributed by atoms with van der Waals surface area (Å²) >= 11 is 3.11. The van der Waals surface area contributed by atoms with Crippen LogP contribution in [0.3, 0.4) is 0 Å². The second-order valence-corrected chi connectivity index (χ2v) is 4.24. The molecule has 0 bridgehead atoms. The monoisotopic (exact) mass is 318 g/mol. The minimum atomic E-state index is -0.579. The molecule has 0 atom stereocenters. The summed E-state index contributed by atoms with van der Waals surface area (Å²) < 4.78 is 23.0. The highest BCUT2D eigenvalue weighted by Crippen LogP contribution is 2.25. The fraction of sp³-hybridized carbons (Fsp3) is 0.333. The van der Waals surface area contributed by atoms with Gasteiger partial charge in [-0.15, -0.1) is 0 Å². The van der Waals surface area contributed by atoms with E-state index in [4.69, 9.17) is 4.74 Å². The van der Waals surface area contributed by atoms with E-state index in [1.54, 1.807) is 6.92 Å². The van der Waals surface area contributed by atoms with Crippen LogP contribution in [0.25, 0.3) is 0 Å². The van der Waals surface area contributed by atoms with Crippen molar-refractivity contribution >= 4 is 27.7 Å². The number of rotatable bonds is 6. The van der Waals surface area contributed by atoms with E-state index < -0.39 is 17.6 Å². The van der Waals surface area contributed by atoms with Crippen molar-refractivity contribution in [2.24, 2.45) is 0 Å². The van der Waals surface area contributed by atoms with Gasteiger partial charge in [0.1, 0.15) is 24.6 Å². The average Bonchev–Trinajstić information content (AvgIpc) is 2.28. The van der Waals surface area contributed by atoms with Crippen molar-refractivity contribution in [1.82, 2.24) is 0 Å². The van der Waals surface area contributed by atoms with E-state index in [0.717, 1.165) is 0 Å². The average molecular weight is 319 g/mol. The van der Waals surface area contributed by atoms with Gasteiger partial charge in [0, 0.05) is 0 Å². The Morgan fingerprint density at radius 1 is 1.39 bits per heavy atom. The molecule has 1 rings (SSSR count). The zero-order valence-corrected chi connectivity index (χ0v) is 11.3. The molecule has 98 valence electrons. The van der Waals surface area contributed by atoms with E-state index in [-0.39, 0.29) is 19.6 Å². The third-order valence-electron chi connectivity index (χ3n) is 1.93.